The van der Waals surface area contributed by atoms with Crippen LogP contribution in [0.3, 0.4) is 0 Å². The molecule has 0 aromatic carbocycles. The minimum Gasteiger partial charge on any atom is -0.444 e. The number of rotatable bonds is 30. The number of carbonyl (C=O) groups is 4. The quantitative estimate of drug-likeness (QED) is 0.0227. The third-order valence-electron chi connectivity index (χ3n) is 7.45. The van der Waals surface area contributed by atoms with Crippen molar-refractivity contribution in [3.63, 3.8) is 0 Å². The number of ether oxygens (including phenoxy) is 8. The maximum absolute atomic E-state index is 13.6. The first kappa shape index (κ1) is 74.2. The second-order valence-electron chi connectivity index (χ2n) is 22.1. The number of amides is 4. The first-order valence-electron chi connectivity index (χ1n) is 23.8. The van der Waals surface area contributed by atoms with Gasteiger partial charge in [0.25, 0.3) is 0 Å². The molecular weight excluding hydrogens is 1500 g/mol. The van der Waals surface area contributed by atoms with Crippen LogP contribution in [0.1, 0.15) is 95.9 Å². The van der Waals surface area contributed by atoms with Gasteiger partial charge in [-0.25, -0.2) is 19.2 Å². The van der Waals surface area contributed by atoms with Crippen LogP contribution in [0.25, 0.3) is 0 Å². The van der Waals surface area contributed by atoms with Gasteiger partial charge < -0.3 is 76.5 Å². The molecule has 0 spiro atoms. The Morgan fingerprint density at radius 1 is 0.458 bits per heavy atom. The molecule has 72 heavy (non-hydrogen) atoms. The van der Waals surface area contributed by atoms with Crippen molar-refractivity contribution in [1.29, 1.82) is 0 Å². The molecule has 0 radical (unpaired) electrons. The Morgan fingerprint density at radius 3 is 1.03 bits per heavy atom. The summed E-state index contributed by atoms with van der Waals surface area (Å²) in [6.07, 6.45) is -1.50. The fraction of sp³-hybridized carbons (Fsp3) is 0.909. The average Bonchev–Trinajstić information content (AvgIpc) is 3.10. The SMILES string of the molecule is CC(C)(C)OC(=O)NCCOCCOCCN(CCCP(=O)(O)O)C(=O)OC(C)(C)C.CC(C)(C)OC(=O)NCCOCCOCCN(CCCP(=O)(O[Si](C)(C)C)O[Si](C)(C)C)C(=O)OC(C)(C)C.[Fm].[Fm]. The zero-order valence-electron chi connectivity index (χ0n) is 46.5. The minimum absolute atomic E-state index is 0. The fourth-order valence-corrected chi connectivity index (χ4v) is 14.2. The molecule has 0 aliphatic carbocycles. The van der Waals surface area contributed by atoms with Gasteiger partial charge in [0.05, 0.1) is 65.2 Å². The number of nitrogens with zero attached hydrogens (tertiary/aromatic N) is 2. The summed E-state index contributed by atoms with van der Waals surface area (Å²) in [5, 5.41) is 5.20. The van der Waals surface area contributed by atoms with Crippen LogP contribution in [0, 0.1) is 0 Å². The van der Waals surface area contributed by atoms with Gasteiger partial charge in [-0.05, 0) is 135 Å². The van der Waals surface area contributed by atoms with E-state index in [0.717, 1.165) is 0 Å². The monoisotopic (exact) mass is 1600 g/mol. The number of carbonyl (C=O) groups excluding carboxylic acids is 4. The Labute approximate surface area is 421 Å². The topological polar surface area (TPSA) is 266 Å². The van der Waals surface area contributed by atoms with Crippen LogP contribution in [0.2, 0.25) is 39.3 Å². The number of hydrogen-bond acceptors (Lipinski definition) is 16. The van der Waals surface area contributed by atoms with Crippen LogP contribution in [-0.4, -0.2) is 187 Å². The Morgan fingerprint density at radius 2 is 0.750 bits per heavy atom. The van der Waals surface area contributed by atoms with E-state index in [-0.39, 0.29) is 51.7 Å². The summed E-state index contributed by atoms with van der Waals surface area (Å²) >= 11 is 0. The van der Waals surface area contributed by atoms with Gasteiger partial charge in [-0.1, -0.05) is 0 Å². The summed E-state index contributed by atoms with van der Waals surface area (Å²) in [5.41, 5.74) is -2.42. The summed E-state index contributed by atoms with van der Waals surface area (Å²) in [4.78, 5) is 69.1. The number of nitrogens with one attached hydrogen (secondary N) is 2. The van der Waals surface area contributed by atoms with Crippen molar-refractivity contribution in [2.24, 2.45) is 0 Å². The van der Waals surface area contributed by atoms with Gasteiger partial charge in [0, 0.05) is 39.3 Å². The zero-order chi connectivity index (χ0) is 54.7. The summed E-state index contributed by atoms with van der Waals surface area (Å²) in [5.74, 6) is 0. The van der Waals surface area contributed by atoms with Crippen LogP contribution in [0.4, 0.5) is 19.2 Å². The van der Waals surface area contributed by atoms with Gasteiger partial charge in [-0.15, -0.1) is 0 Å². The molecule has 0 saturated heterocycles. The molecule has 0 atom stereocenters. The first-order chi connectivity index (χ1) is 31.6. The Balaban J connectivity index is -0.000000640. The smallest absolute Gasteiger partial charge is 0.410 e. The van der Waals surface area contributed by atoms with Crippen molar-refractivity contribution in [1.82, 2.24) is 20.4 Å². The van der Waals surface area contributed by atoms with E-state index < -0.39 is 78.6 Å². The third kappa shape index (κ3) is 50.6. The maximum Gasteiger partial charge on any atom is 0.410 e. The Kier molecular flexibility index (Phi) is 35.2. The van der Waals surface area contributed by atoms with Gasteiger partial charge in [-0.3, -0.25) is 9.13 Å². The molecule has 440 valence electrons. The van der Waals surface area contributed by atoms with E-state index in [1.165, 1.54) is 4.90 Å². The number of hydrogen-bond donors (Lipinski definition) is 4. The van der Waals surface area contributed by atoms with Crippen molar-refractivity contribution >= 4 is 56.2 Å². The molecule has 0 rings (SSSR count). The standard InChI is InChI=1S/C25H55N2O9PSi2.C19H39N2O9P.2Fm/c1-24(2,3)33-22(28)26-14-17-31-19-20-32-18-16-27(23(29)34-25(4,5)6)15-13-21-37(30,35-38(7,8)9)36-39(10,11)12;1-18(2,3)29-16(22)20-8-11-27-13-14-28-12-10-21(9-7-15-31(24,25)26)17(23)30-19(4,5)6;;/h13-21H2,1-12H3,(H,26,28);7-15H2,1-6H3,(H,20,22)(H2,24,25,26);;. The second-order valence-corrected chi connectivity index (χ2v) is 35.4. The van der Waals surface area contributed by atoms with Crippen molar-refractivity contribution in [2.45, 2.75) is 158 Å². The molecular formula is C44H94Fm2N4O18P2Si2. The summed E-state index contributed by atoms with van der Waals surface area (Å²) in [6.45, 7) is 37.3. The van der Waals surface area contributed by atoms with Gasteiger partial charge >= 0.3 is 39.6 Å². The molecule has 4 amide bonds. The van der Waals surface area contributed by atoms with E-state index in [2.05, 4.69) is 10.6 Å². The predicted molar refractivity (Wildman–Crippen MR) is 275 cm³/mol. The molecule has 0 aliphatic rings. The average molecular weight is 1600 g/mol. The van der Waals surface area contributed by atoms with Crippen LogP contribution in [0.5, 0.6) is 0 Å². The molecule has 28 heteroatoms. The molecule has 0 bridgehead atoms. The van der Waals surface area contributed by atoms with Gasteiger partial charge in [0.1, 0.15) is 22.4 Å². The van der Waals surface area contributed by atoms with Crippen molar-refractivity contribution in [3.05, 3.63) is 0 Å². The summed E-state index contributed by atoms with van der Waals surface area (Å²) in [7, 11) is -11.6. The molecule has 0 unspecified atom stereocenters. The molecule has 0 aromatic heterocycles. The van der Waals surface area contributed by atoms with Crippen molar-refractivity contribution in [3.8, 4) is 0 Å². The maximum atomic E-state index is 13.6. The summed E-state index contributed by atoms with van der Waals surface area (Å²) in [6, 6.07) is 0. The molecule has 0 heterocycles. The van der Waals surface area contributed by atoms with E-state index in [1.807, 2.05) is 60.1 Å². The van der Waals surface area contributed by atoms with Gasteiger partial charge in [0.2, 0.25) is 0 Å². The molecule has 0 saturated carbocycles. The molecule has 4 N–H and O–H groups in total. The van der Waals surface area contributed by atoms with Crippen LogP contribution in [0.15, 0.2) is 0 Å². The second kappa shape index (κ2) is 34.2. The van der Waals surface area contributed by atoms with Gasteiger partial charge in [-0.2, -0.15) is 0 Å². The first-order valence-corrected chi connectivity index (χ1v) is 34.2. The summed E-state index contributed by atoms with van der Waals surface area (Å²) < 4.78 is 79.6. The molecule has 22 nitrogen and oxygen atoms in total. The minimum atomic E-state index is -4.12. The van der Waals surface area contributed by atoms with E-state index in [1.54, 1.807) is 67.2 Å². The van der Waals surface area contributed by atoms with E-state index in [4.69, 9.17) is 56.1 Å². The third-order valence-corrected chi connectivity index (χ3v) is 15.8. The van der Waals surface area contributed by atoms with Gasteiger partial charge in [0.15, 0.2) is 16.6 Å². The molecule has 0 aromatic rings. The Bertz CT molecular complexity index is 1590. The van der Waals surface area contributed by atoms with Crippen LogP contribution in [-0.2, 0) is 55.5 Å². The van der Waals surface area contributed by atoms with E-state index in [9.17, 15) is 28.3 Å². The fourth-order valence-electron chi connectivity index (χ4n) is 5.18. The van der Waals surface area contributed by atoms with Crippen molar-refractivity contribution in [2.75, 3.05) is 104 Å². The van der Waals surface area contributed by atoms with Crippen molar-refractivity contribution < 1.29 is 84.4 Å². The Hall–Kier alpha value is -4.35. The van der Waals surface area contributed by atoms with E-state index in [0.29, 0.717) is 65.6 Å². The zero-order valence-corrected chi connectivity index (χ0v) is 55.1. The largest absolute Gasteiger partial charge is 0.444 e. The number of alkyl carbamates (subject to hydrolysis) is 2. The van der Waals surface area contributed by atoms with E-state index >= 15 is 0 Å². The van der Waals surface area contributed by atoms with Crippen LogP contribution < -0.4 is 10.6 Å². The normalized spacial score (nSPS) is 12.5. The molecule has 0 fully saturated rings. The molecule has 0 aliphatic heterocycles. The predicted octanol–water partition coefficient (Wildman–Crippen LogP) is 8.42. The van der Waals surface area contributed by atoms with Crippen LogP contribution >= 0.6 is 15.2 Å².